The molecule has 1 heterocycles. The fourth-order valence-corrected chi connectivity index (χ4v) is 5.34. The number of aliphatic carboxylic acids is 1. The van der Waals surface area contributed by atoms with Crippen molar-refractivity contribution in [2.45, 2.75) is 32.6 Å². The van der Waals surface area contributed by atoms with Crippen LogP contribution >= 0.6 is 0 Å². The first-order valence-corrected chi connectivity index (χ1v) is 8.52. The Labute approximate surface area is 119 Å². The Balaban J connectivity index is 2.12. The van der Waals surface area contributed by atoms with Crippen molar-refractivity contribution in [1.29, 1.82) is 5.26 Å². The highest BCUT2D eigenvalue weighted by atomic mass is 32.2. The molecule has 0 radical (unpaired) electrons. The van der Waals surface area contributed by atoms with E-state index in [9.17, 15) is 18.5 Å². The number of nitrogens with zero attached hydrogens (tertiary/aromatic N) is 2. The molecule has 0 aromatic rings. The zero-order chi connectivity index (χ0) is 15.0. The fourth-order valence-electron chi connectivity index (χ4n) is 3.25. The van der Waals surface area contributed by atoms with Gasteiger partial charge in [-0.25, -0.2) is 12.7 Å². The lowest BCUT2D eigenvalue weighted by Gasteiger charge is -2.24. The first-order chi connectivity index (χ1) is 9.30. The third-order valence-corrected chi connectivity index (χ3v) is 6.55. The molecular weight excluding hydrogens is 280 g/mol. The molecule has 1 N–H and O–H groups in total. The van der Waals surface area contributed by atoms with Crippen molar-refractivity contribution >= 4 is 16.0 Å². The molecule has 1 aliphatic heterocycles. The highest BCUT2D eigenvalue weighted by Crippen LogP contribution is 2.40. The fraction of sp³-hybridized carbons (Fsp3) is 0.846. The van der Waals surface area contributed by atoms with Gasteiger partial charge in [0.05, 0.1) is 23.2 Å². The number of carboxylic acids is 1. The molecule has 2 aliphatic rings. The molecule has 1 saturated carbocycles. The maximum absolute atomic E-state index is 12.4. The molecule has 1 saturated heterocycles. The van der Waals surface area contributed by atoms with Gasteiger partial charge in [0.1, 0.15) is 0 Å². The van der Waals surface area contributed by atoms with Crippen LogP contribution in [-0.4, -0.2) is 42.6 Å². The topological polar surface area (TPSA) is 98.5 Å². The molecular formula is C13H20N2O4S. The zero-order valence-corrected chi connectivity index (χ0v) is 12.4. The second-order valence-electron chi connectivity index (χ2n) is 6.09. The maximum Gasteiger partial charge on any atom is 0.308 e. The van der Waals surface area contributed by atoms with Gasteiger partial charge in [-0.05, 0) is 18.8 Å². The summed E-state index contributed by atoms with van der Waals surface area (Å²) in [6, 6.07) is 2.18. The van der Waals surface area contributed by atoms with Crippen molar-refractivity contribution in [2.75, 3.05) is 18.8 Å². The van der Waals surface area contributed by atoms with Crippen LogP contribution in [0, 0.1) is 28.6 Å². The molecule has 0 aromatic heterocycles. The number of rotatable bonds is 4. The number of carbonyl (C=O) groups is 1. The summed E-state index contributed by atoms with van der Waals surface area (Å²) in [5, 5.41) is 18.4. The predicted octanol–water partition coefficient (Wildman–Crippen LogP) is 1.05. The summed E-state index contributed by atoms with van der Waals surface area (Å²) >= 11 is 0. The van der Waals surface area contributed by atoms with Crippen LogP contribution in [0.4, 0.5) is 0 Å². The van der Waals surface area contributed by atoms with Crippen LogP contribution in [0.3, 0.4) is 0 Å². The van der Waals surface area contributed by atoms with Crippen LogP contribution in [0.5, 0.6) is 0 Å². The Bertz CT molecular complexity index is 531. The van der Waals surface area contributed by atoms with Crippen LogP contribution < -0.4 is 0 Å². The van der Waals surface area contributed by atoms with Gasteiger partial charge in [0.25, 0.3) is 0 Å². The molecule has 6 nitrogen and oxygen atoms in total. The molecule has 2 fully saturated rings. The second kappa shape index (κ2) is 5.34. The Hall–Kier alpha value is -1.13. The van der Waals surface area contributed by atoms with E-state index in [1.807, 2.05) is 0 Å². The molecule has 0 spiro atoms. The van der Waals surface area contributed by atoms with Gasteiger partial charge in [-0.3, -0.25) is 4.79 Å². The lowest BCUT2D eigenvalue weighted by atomic mass is 9.91. The predicted molar refractivity (Wildman–Crippen MR) is 72.2 cm³/mol. The summed E-state index contributed by atoms with van der Waals surface area (Å²) in [4.78, 5) is 11.1. The van der Waals surface area contributed by atoms with Gasteiger partial charge >= 0.3 is 5.97 Å². The van der Waals surface area contributed by atoms with Gasteiger partial charge in [0.2, 0.25) is 10.0 Å². The normalized spacial score (nSPS) is 30.2. The van der Waals surface area contributed by atoms with Crippen molar-refractivity contribution < 1.29 is 18.3 Å². The van der Waals surface area contributed by atoms with E-state index >= 15 is 0 Å². The molecule has 20 heavy (non-hydrogen) atoms. The van der Waals surface area contributed by atoms with E-state index in [0.29, 0.717) is 12.8 Å². The van der Waals surface area contributed by atoms with E-state index in [1.54, 1.807) is 6.92 Å². The molecule has 0 aromatic carbocycles. The van der Waals surface area contributed by atoms with Crippen LogP contribution in [0.2, 0.25) is 0 Å². The van der Waals surface area contributed by atoms with E-state index in [1.165, 1.54) is 4.31 Å². The van der Waals surface area contributed by atoms with Gasteiger partial charge in [0.15, 0.2) is 0 Å². The number of nitriles is 1. The molecule has 1 aliphatic carbocycles. The third-order valence-electron chi connectivity index (χ3n) is 4.55. The lowest BCUT2D eigenvalue weighted by molar-refractivity contribution is -0.142. The van der Waals surface area contributed by atoms with E-state index in [0.717, 1.165) is 12.8 Å². The SMILES string of the molecule is C[C@@H]1CN(S(=O)(=O)CC2(C#N)CCCC2)C[C@H]1C(=O)O. The average Bonchev–Trinajstić information content (AvgIpc) is 2.96. The Morgan fingerprint density at radius 1 is 1.40 bits per heavy atom. The Kier molecular flexibility index (Phi) is 4.07. The quantitative estimate of drug-likeness (QED) is 0.836. The van der Waals surface area contributed by atoms with E-state index in [-0.39, 0.29) is 24.8 Å². The van der Waals surface area contributed by atoms with E-state index < -0.39 is 27.3 Å². The minimum absolute atomic E-state index is 0.0281. The minimum atomic E-state index is -3.57. The van der Waals surface area contributed by atoms with E-state index in [2.05, 4.69) is 6.07 Å². The van der Waals surface area contributed by atoms with Gasteiger partial charge in [-0.15, -0.1) is 0 Å². The van der Waals surface area contributed by atoms with Crippen LogP contribution in [-0.2, 0) is 14.8 Å². The summed E-state index contributed by atoms with van der Waals surface area (Å²) in [6.45, 7) is 2.02. The van der Waals surface area contributed by atoms with Crippen molar-refractivity contribution in [1.82, 2.24) is 4.31 Å². The summed E-state index contributed by atoms with van der Waals surface area (Å²) < 4.78 is 26.2. The van der Waals surface area contributed by atoms with Crippen LogP contribution in [0.1, 0.15) is 32.6 Å². The minimum Gasteiger partial charge on any atom is -0.481 e. The standard InChI is InChI=1S/C13H20N2O4S/c1-10-6-15(7-11(10)12(16)17)20(18,19)9-13(8-14)4-2-3-5-13/h10-11H,2-7,9H2,1H3,(H,16,17)/t10-,11-/m1/s1. The largest absolute Gasteiger partial charge is 0.481 e. The Morgan fingerprint density at radius 3 is 2.45 bits per heavy atom. The van der Waals surface area contributed by atoms with Gasteiger partial charge < -0.3 is 5.11 Å². The molecule has 2 rings (SSSR count). The van der Waals surface area contributed by atoms with Gasteiger partial charge in [-0.1, -0.05) is 19.8 Å². The van der Waals surface area contributed by atoms with Gasteiger partial charge in [0, 0.05) is 13.1 Å². The molecule has 0 bridgehead atoms. The first kappa shape index (κ1) is 15.3. The molecule has 112 valence electrons. The van der Waals surface area contributed by atoms with Gasteiger partial charge in [-0.2, -0.15) is 5.26 Å². The summed E-state index contributed by atoms with van der Waals surface area (Å²) in [5.41, 5.74) is -0.774. The molecule has 2 atom stereocenters. The van der Waals surface area contributed by atoms with Crippen LogP contribution in [0.15, 0.2) is 0 Å². The molecule has 7 heteroatoms. The summed E-state index contributed by atoms with van der Waals surface area (Å²) in [7, 11) is -3.57. The maximum atomic E-state index is 12.4. The number of sulfonamides is 1. The smallest absolute Gasteiger partial charge is 0.308 e. The van der Waals surface area contributed by atoms with Crippen molar-refractivity contribution in [3.63, 3.8) is 0 Å². The number of hydrogen-bond donors (Lipinski definition) is 1. The first-order valence-electron chi connectivity index (χ1n) is 6.91. The number of carboxylic acid groups (broad SMARTS) is 1. The van der Waals surface area contributed by atoms with Crippen LogP contribution in [0.25, 0.3) is 0 Å². The summed E-state index contributed by atoms with van der Waals surface area (Å²) in [5.74, 6) is -1.96. The molecule has 0 amide bonds. The lowest BCUT2D eigenvalue weighted by Crippen LogP contribution is -2.37. The Morgan fingerprint density at radius 2 is 2.00 bits per heavy atom. The van der Waals surface area contributed by atoms with Crippen molar-refractivity contribution in [2.24, 2.45) is 17.3 Å². The zero-order valence-electron chi connectivity index (χ0n) is 11.6. The highest BCUT2D eigenvalue weighted by molar-refractivity contribution is 7.89. The number of hydrogen-bond acceptors (Lipinski definition) is 4. The summed E-state index contributed by atoms with van der Waals surface area (Å²) in [6.07, 6.45) is 3.01. The van der Waals surface area contributed by atoms with Crippen molar-refractivity contribution in [3.05, 3.63) is 0 Å². The van der Waals surface area contributed by atoms with E-state index in [4.69, 9.17) is 5.11 Å². The molecule has 0 unspecified atom stereocenters. The highest BCUT2D eigenvalue weighted by Gasteiger charge is 2.45. The second-order valence-corrected chi connectivity index (χ2v) is 8.06. The van der Waals surface area contributed by atoms with Crippen molar-refractivity contribution in [3.8, 4) is 6.07 Å². The third kappa shape index (κ3) is 2.81. The monoisotopic (exact) mass is 300 g/mol. The average molecular weight is 300 g/mol.